The van der Waals surface area contributed by atoms with E-state index in [4.69, 9.17) is 5.11 Å². The number of amides is 1. The SMILES string of the molecule is C=C(O)C(=O)N1CCCC1. The zero-order valence-corrected chi connectivity index (χ0v) is 5.84. The molecule has 1 fully saturated rings. The number of hydrogen-bond donors (Lipinski definition) is 1. The summed E-state index contributed by atoms with van der Waals surface area (Å²) in [5.41, 5.74) is 0. The van der Waals surface area contributed by atoms with Crippen LogP contribution in [0.25, 0.3) is 0 Å². The van der Waals surface area contributed by atoms with Gasteiger partial charge in [0.05, 0.1) is 0 Å². The second-order valence-corrected chi connectivity index (χ2v) is 2.45. The van der Waals surface area contributed by atoms with Crippen LogP contribution >= 0.6 is 0 Å². The fourth-order valence-electron chi connectivity index (χ4n) is 1.10. The van der Waals surface area contributed by atoms with Crippen molar-refractivity contribution in [2.45, 2.75) is 12.8 Å². The topological polar surface area (TPSA) is 40.5 Å². The molecule has 0 unspecified atom stereocenters. The molecule has 0 atom stereocenters. The van der Waals surface area contributed by atoms with Gasteiger partial charge in [-0.05, 0) is 12.8 Å². The highest BCUT2D eigenvalue weighted by molar-refractivity contribution is 5.90. The molecule has 1 saturated heterocycles. The van der Waals surface area contributed by atoms with Crippen LogP contribution in [-0.2, 0) is 4.79 Å². The average Bonchev–Trinajstić information content (AvgIpc) is 2.36. The normalized spacial score (nSPS) is 17.4. The molecule has 3 heteroatoms. The minimum absolute atomic E-state index is 0.322. The lowest BCUT2D eigenvalue weighted by atomic mass is 10.4. The predicted octanol–water partition coefficient (Wildman–Crippen LogP) is 0.680. The van der Waals surface area contributed by atoms with Gasteiger partial charge >= 0.3 is 0 Å². The van der Waals surface area contributed by atoms with Gasteiger partial charge in [0, 0.05) is 13.1 Å². The van der Waals surface area contributed by atoms with E-state index in [1.54, 1.807) is 4.90 Å². The van der Waals surface area contributed by atoms with Crippen LogP contribution in [-0.4, -0.2) is 29.0 Å². The number of aliphatic hydroxyl groups is 1. The van der Waals surface area contributed by atoms with Crippen LogP contribution in [0.5, 0.6) is 0 Å². The molecule has 0 aliphatic carbocycles. The highest BCUT2D eigenvalue weighted by Gasteiger charge is 2.19. The maximum absolute atomic E-state index is 10.9. The zero-order valence-electron chi connectivity index (χ0n) is 5.84. The Bertz CT molecular complexity index is 159. The summed E-state index contributed by atoms with van der Waals surface area (Å²) >= 11 is 0. The monoisotopic (exact) mass is 141 g/mol. The molecular formula is C7H11NO2. The first-order valence-corrected chi connectivity index (χ1v) is 3.39. The summed E-state index contributed by atoms with van der Waals surface area (Å²) in [5, 5.41) is 8.70. The van der Waals surface area contributed by atoms with Crippen LogP contribution < -0.4 is 0 Å². The molecule has 10 heavy (non-hydrogen) atoms. The first kappa shape index (κ1) is 7.12. The van der Waals surface area contributed by atoms with Crippen molar-refractivity contribution in [3.05, 3.63) is 12.3 Å². The Balaban J connectivity index is 2.48. The summed E-state index contributed by atoms with van der Waals surface area (Å²) in [5.74, 6) is -0.667. The van der Waals surface area contributed by atoms with Gasteiger partial charge in [-0.2, -0.15) is 0 Å². The van der Waals surface area contributed by atoms with Crippen LogP contribution in [0.2, 0.25) is 0 Å². The number of carbonyl (C=O) groups is 1. The highest BCUT2D eigenvalue weighted by atomic mass is 16.3. The molecule has 1 heterocycles. The van der Waals surface area contributed by atoms with E-state index in [9.17, 15) is 4.79 Å². The van der Waals surface area contributed by atoms with Crippen molar-refractivity contribution in [1.29, 1.82) is 0 Å². The van der Waals surface area contributed by atoms with E-state index in [1.807, 2.05) is 0 Å². The quantitative estimate of drug-likeness (QED) is 0.431. The third-order valence-electron chi connectivity index (χ3n) is 1.64. The smallest absolute Gasteiger partial charge is 0.288 e. The van der Waals surface area contributed by atoms with Gasteiger partial charge in [0.2, 0.25) is 0 Å². The maximum atomic E-state index is 10.9. The first-order valence-electron chi connectivity index (χ1n) is 3.39. The standard InChI is InChI=1S/C7H11NO2/c1-6(9)7(10)8-4-2-3-5-8/h9H,1-5H2. The van der Waals surface area contributed by atoms with Crippen LogP contribution in [0, 0.1) is 0 Å². The van der Waals surface area contributed by atoms with Crippen LogP contribution in [0.4, 0.5) is 0 Å². The van der Waals surface area contributed by atoms with E-state index in [-0.39, 0.29) is 11.7 Å². The Kier molecular flexibility index (Phi) is 1.94. The average molecular weight is 141 g/mol. The Morgan fingerprint density at radius 1 is 1.40 bits per heavy atom. The Hall–Kier alpha value is -0.990. The lowest BCUT2D eigenvalue weighted by Gasteiger charge is -2.12. The summed E-state index contributed by atoms with van der Waals surface area (Å²) < 4.78 is 0. The third kappa shape index (κ3) is 1.29. The molecule has 0 spiro atoms. The summed E-state index contributed by atoms with van der Waals surface area (Å²) in [6.45, 7) is 4.69. The van der Waals surface area contributed by atoms with Crippen molar-refractivity contribution in [2.24, 2.45) is 0 Å². The fraction of sp³-hybridized carbons (Fsp3) is 0.571. The van der Waals surface area contributed by atoms with Gasteiger partial charge in [0.15, 0.2) is 5.76 Å². The van der Waals surface area contributed by atoms with Crippen molar-refractivity contribution < 1.29 is 9.90 Å². The van der Waals surface area contributed by atoms with Crippen molar-refractivity contribution in [3.63, 3.8) is 0 Å². The zero-order chi connectivity index (χ0) is 7.56. The van der Waals surface area contributed by atoms with Crippen LogP contribution in [0.1, 0.15) is 12.8 Å². The fourth-order valence-corrected chi connectivity index (χ4v) is 1.10. The summed E-state index contributed by atoms with van der Waals surface area (Å²) in [4.78, 5) is 12.5. The van der Waals surface area contributed by atoms with E-state index in [0.29, 0.717) is 0 Å². The molecule has 1 amide bonds. The van der Waals surface area contributed by atoms with E-state index < -0.39 is 0 Å². The van der Waals surface area contributed by atoms with Crippen LogP contribution in [0.15, 0.2) is 12.3 Å². The number of likely N-dealkylation sites (tertiary alicyclic amines) is 1. The van der Waals surface area contributed by atoms with Crippen LogP contribution in [0.3, 0.4) is 0 Å². The van der Waals surface area contributed by atoms with Gasteiger partial charge in [0.1, 0.15) is 0 Å². The maximum Gasteiger partial charge on any atom is 0.288 e. The van der Waals surface area contributed by atoms with Gasteiger partial charge in [-0.3, -0.25) is 4.79 Å². The highest BCUT2D eigenvalue weighted by Crippen LogP contribution is 2.09. The number of hydrogen-bond acceptors (Lipinski definition) is 2. The lowest BCUT2D eigenvalue weighted by molar-refractivity contribution is -0.128. The largest absolute Gasteiger partial charge is 0.503 e. The minimum atomic E-state index is -0.345. The Morgan fingerprint density at radius 2 is 1.90 bits per heavy atom. The lowest BCUT2D eigenvalue weighted by Crippen LogP contribution is -2.28. The number of carbonyl (C=O) groups excluding carboxylic acids is 1. The predicted molar refractivity (Wildman–Crippen MR) is 37.6 cm³/mol. The summed E-state index contributed by atoms with van der Waals surface area (Å²) in [6, 6.07) is 0. The van der Waals surface area contributed by atoms with Gasteiger partial charge in [0.25, 0.3) is 5.91 Å². The van der Waals surface area contributed by atoms with Gasteiger partial charge < -0.3 is 10.0 Å². The molecular weight excluding hydrogens is 130 g/mol. The molecule has 0 aromatic carbocycles. The summed E-state index contributed by atoms with van der Waals surface area (Å²) in [7, 11) is 0. The third-order valence-corrected chi connectivity index (χ3v) is 1.64. The van der Waals surface area contributed by atoms with Crippen molar-refractivity contribution >= 4 is 5.91 Å². The molecule has 1 aliphatic rings. The number of nitrogens with zero attached hydrogens (tertiary/aromatic N) is 1. The molecule has 0 aromatic rings. The molecule has 0 aromatic heterocycles. The van der Waals surface area contributed by atoms with E-state index in [2.05, 4.69) is 6.58 Å². The molecule has 0 radical (unpaired) electrons. The number of rotatable bonds is 1. The van der Waals surface area contributed by atoms with E-state index in [1.165, 1.54) is 0 Å². The van der Waals surface area contributed by atoms with Crippen molar-refractivity contribution in [1.82, 2.24) is 4.90 Å². The van der Waals surface area contributed by atoms with Gasteiger partial charge in [-0.1, -0.05) is 6.58 Å². The van der Waals surface area contributed by atoms with Gasteiger partial charge in [-0.25, -0.2) is 0 Å². The van der Waals surface area contributed by atoms with Crippen molar-refractivity contribution in [2.75, 3.05) is 13.1 Å². The first-order chi connectivity index (χ1) is 4.72. The van der Waals surface area contributed by atoms with E-state index >= 15 is 0 Å². The van der Waals surface area contributed by atoms with Crippen molar-refractivity contribution in [3.8, 4) is 0 Å². The Morgan fingerprint density at radius 3 is 2.30 bits per heavy atom. The van der Waals surface area contributed by atoms with Gasteiger partial charge in [-0.15, -0.1) is 0 Å². The Labute approximate surface area is 59.9 Å². The summed E-state index contributed by atoms with van der Waals surface area (Å²) in [6.07, 6.45) is 2.08. The molecule has 1 rings (SSSR count). The molecule has 1 aliphatic heterocycles. The second kappa shape index (κ2) is 2.73. The molecule has 56 valence electrons. The van der Waals surface area contributed by atoms with E-state index in [0.717, 1.165) is 25.9 Å². The molecule has 1 N–H and O–H groups in total. The molecule has 0 bridgehead atoms. The number of aliphatic hydroxyl groups excluding tert-OH is 1. The second-order valence-electron chi connectivity index (χ2n) is 2.45. The molecule has 3 nitrogen and oxygen atoms in total. The minimum Gasteiger partial charge on any atom is -0.503 e. The molecule has 0 saturated carbocycles.